The van der Waals surface area contributed by atoms with Crippen molar-refractivity contribution >= 4 is 40.7 Å². The van der Waals surface area contributed by atoms with Crippen molar-refractivity contribution in [2.24, 2.45) is 5.92 Å². The molecule has 8 nitrogen and oxygen atoms in total. The summed E-state index contributed by atoms with van der Waals surface area (Å²) < 4.78 is 5.53. The van der Waals surface area contributed by atoms with Gasteiger partial charge in [0, 0.05) is 53.4 Å². The lowest BCUT2D eigenvalue weighted by Crippen LogP contribution is -2.25. The number of benzene rings is 2. The molecule has 1 aliphatic heterocycles. The van der Waals surface area contributed by atoms with Crippen LogP contribution < -0.4 is 16.0 Å². The molecule has 2 aromatic carbocycles. The van der Waals surface area contributed by atoms with Gasteiger partial charge in [-0.25, -0.2) is 9.97 Å². The van der Waals surface area contributed by atoms with E-state index < -0.39 is 0 Å². The number of rotatable bonds is 9. The lowest BCUT2D eigenvalue weighted by atomic mass is 10.1. The molecule has 0 saturated heterocycles. The highest BCUT2D eigenvalue weighted by Crippen LogP contribution is 2.34. The second-order valence-corrected chi connectivity index (χ2v) is 9.20. The zero-order valence-corrected chi connectivity index (χ0v) is 20.5. The highest BCUT2D eigenvalue weighted by molar-refractivity contribution is 6.31. The average molecular weight is 494 g/mol. The van der Waals surface area contributed by atoms with Crippen molar-refractivity contribution in [1.82, 2.24) is 15.3 Å². The molecule has 35 heavy (non-hydrogen) atoms. The number of halogens is 1. The van der Waals surface area contributed by atoms with Crippen LogP contribution in [-0.4, -0.2) is 41.5 Å². The number of fused-ring (bicyclic) bond motifs is 3. The topological polar surface area (TPSA) is 105 Å². The van der Waals surface area contributed by atoms with Gasteiger partial charge in [0.25, 0.3) is 5.91 Å². The van der Waals surface area contributed by atoms with Gasteiger partial charge in [-0.05, 0) is 54.8 Å². The Labute approximate surface area is 209 Å². The van der Waals surface area contributed by atoms with Gasteiger partial charge in [0.05, 0.1) is 17.8 Å². The van der Waals surface area contributed by atoms with Crippen LogP contribution in [0.1, 0.15) is 36.2 Å². The number of carbonyl (C=O) groups is 2. The van der Waals surface area contributed by atoms with Gasteiger partial charge in [0.2, 0.25) is 11.9 Å². The van der Waals surface area contributed by atoms with Crippen LogP contribution in [0.5, 0.6) is 0 Å². The lowest BCUT2D eigenvalue weighted by Gasteiger charge is -2.11. The number of hydrogen-bond acceptors (Lipinski definition) is 6. The highest BCUT2D eigenvalue weighted by atomic mass is 35.5. The van der Waals surface area contributed by atoms with E-state index in [4.69, 9.17) is 16.3 Å². The Hall–Kier alpha value is -3.49. The molecule has 4 rings (SSSR count). The van der Waals surface area contributed by atoms with E-state index in [0.29, 0.717) is 47.0 Å². The van der Waals surface area contributed by atoms with Crippen LogP contribution in [0.2, 0.25) is 5.02 Å². The van der Waals surface area contributed by atoms with Crippen LogP contribution >= 0.6 is 11.6 Å². The van der Waals surface area contributed by atoms with E-state index in [0.717, 1.165) is 29.8 Å². The molecular formula is C26H28ClN5O3. The van der Waals surface area contributed by atoms with Gasteiger partial charge < -0.3 is 20.7 Å². The summed E-state index contributed by atoms with van der Waals surface area (Å²) in [6.07, 6.45) is 2.60. The number of carbonyl (C=O) groups excluding carboxylic acids is 2. The van der Waals surface area contributed by atoms with Gasteiger partial charge >= 0.3 is 0 Å². The third-order valence-electron chi connectivity index (χ3n) is 5.33. The molecule has 182 valence electrons. The molecule has 2 amide bonds. The predicted molar refractivity (Wildman–Crippen MR) is 137 cm³/mol. The van der Waals surface area contributed by atoms with Crippen molar-refractivity contribution in [3.05, 3.63) is 64.8 Å². The fourth-order valence-corrected chi connectivity index (χ4v) is 3.83. The quantitative estimate of drug-likeness (QED) is 0.369. The molecule has 1 aromatic heterocycles. The van der Waals surface area contributed by atoms with Crippen LogP contribution in [0.25, 0.3) is 11.3 Å². The van der Waals surface area contributed by atoms with E-state index in [1.807, 2.05) is 6.07 Å². The first-order valence-corrected chi connectivity index (χ1v) is 12.0. The van der Waals surface area contributed by atoms with Crippen molar-refractivity contribution in [3.63, 3.8) is 0 Å². The standard InChI is InChI=1S/C26H28ClN5O3/c1-16(2)15-35-11-3-10-28-25(34)17-4-7-20(8-5-17)30-26-29-14-18-12-23(33)31-22-13-19(27)6-9-21(22)24(18)32-26/h4-9,13-14,16H,3,10-12,15H2,1-2H3,(H,28,34)(H,31,33)(H,29,30,32). The number of aromatic nitrogens is 2. The van der Waals surface area contributed by atoms with Crippen molar-refractivity contribution in [2.45, 2.75) is 26.7 Å². The molecule has 0 saturated carbocycles. The van der Waals surface area contributed by atoms with Gasteiger partial charge in [-0.1, -0.05) is 25.4 Å². The fourth-order valence-electron chi connectivity index (χ4n) is 3.65. The Bertz CT molecular complexity index is 1210. The molecule has 0 spiro atoms. The Morgan fingerprint density at radius 1 is 1.20 bits per heavy atom. The Morgan fingerprint density at radius 2 is 2.00 bits per heavy atom. The summed E-state index contributed by atoms with van der Waals surface area (Å²) in [6, 6.07) is 12.4. The first kappa shape index (κ1) is 24.6. The minimum absolute atomic E-state index is 0.130. The van der Waals surface area contributed by atoms with E-state index in [-0.39, 0.29) is 18.2 Å². The molecule has 0 bridgehead atoms. The normalized spacial score (nSPS) is 12.4. The summed E-state index contributed by atoms with van der Waals surface area (Å²) in [5.41, 5.74) is 4.10. The molecule has 1 aliphatic rings. The maximum Gasteiger partial charge on any atom is 0.251 e. The van der Waals surface area contributed by atoms with Gasteiger partial charge in [0.15, 0.2) is 0 Å². The number of nitrogens with zero attached hydrogens (tertiary/aromatic N) is 2. The second-order valence-electron chi connectivity index (χ2n) is 8.76. The minimum Gasteiger partial charge on any atom is -0.381 e. The zero-order chi connectivity index (χ0) is 24.8. The van der Waals surface area contributed by atoms with E-state index >= 15 is 0 Å². The van der Waals surface area contributed by atoms with Crippen molar-refractivity contribution in [1.29, 1.82) is 0 Å². The summed E-state index contributed by atoms with van der Waals surface area (Å²) in [5.74, 6) is 0.615. The van der Waals surface area contributed by atoms with Crippen molar-refractivity contribution in [2.75, 3.05) is 30.4 Å². The average Bonchev–Trinajstić information content (AvgIpc) is 2.96. The number of amides is 2. The summed E-state index contributed by atoms with van der Waals surface area (Å²) in [7, 11) is 0. The molecule has 9 heteroatoms. The van der Waals surface area contributed by atoms with Crippen molar-refractivity contribution < 1.29 is 14.3 Å². The second kappa shape index (κ2) is 11.3. The van der Waals surface area contributed by atoms with E-state index in [2.05, 4.69) is 39.8 Å². The fraction of sp³-hybridized carbons (Fsp3) is 0.308. The zero-order valence-electron chi connectivity index (χ0n) is 19.7. The van der Waals surface area contributed by atoms with Gasteiger partial charge in [-0.15, -0.1) is 0 Å². The van der Waals surface area contributed by atoms with E-state index in [9.17, 15) is 9.59 Å². The van der Waals surface area contributed by atoms with E-state index in [1.54, 1.807) is 42.6 Å². The molecule has 0 aliphatic carbocycles. The number of ether oxygens (including phenoxy) is 1. The Balaban J connectivity index is 1.39. The third-order valence-corrected chi connectivity index (χ3v) is 5.57. The molecule has 3 N–H and O–H groups in total. The van der Waals surface area contributed by atoms with Crippen LogP contribution in [0.3, 0.4) is 0 Å². The number of hydrogen-bond donors (Lipinski definition) is 3. The minimum atomic E-state index is -0.145. The van der Waals surface area contributed by atoms with Crippen LogP contribution in [0.4, 0.5) is 17.3 Å². The van der Waals surface area contributed by atoms with Gasteiger partial charge in [0.1, 0.15) is 0 Å². The van der Waals surface area contributed by atoms with Gasteiger partial charge in [-0.3, -0.25) is 9.59 Å². The molecule has 0 unspecified atom stereocenters. The maximum atomic E-state index is 12.4. The summed E-state index contributed by atoms with van der Waals surface area (Å²) in [6.45, 7) is 6.13. The molecule has 0 radical (unpaired) electrons. The Kier molecular flexibility index (Phi) is 7.94. The molecule has 0 fully saturated rings. The van der Waals surface area contributed by atoms with Crippen LogP contribution in [0.15, 0.2) is 48.7 Å². The Morgan fingerprint density at radius 3 is 2.77 bits per heavy atom. The third kappa shape index (κ3) is 6.55. The summed E-state index contributed by atoms with van der Waals surface area (Å²) in [4.78, 5) is 33.7. The maximum absolute atomic E-state index is 12.4. The van der Waals surface area contributed by atoms with Gasteiger partial charge in [-0.2, -0.15) is 0 Å². The highest BCUT2D eigenvalue weighted by Gasteiger charge is 2.21. The lowest BCUT2D eigenvalue weighted by molar-refractivity contribution is -0.115. The predicted octanol–water partition coefficient (Wildman–Crippen LogP) is 4.83. The molecular weight excluding hydrogens is 466 g/mol. The van der Waals surface area contributed by atoms with Crippen LogP contribution in [0, 0.1) is 5.92 Å². The molecule has 3 aromatic rings. The first-order valence-electron chi connectivity index (χ1n) is 11.6. The molecule has 0 atom stereocenters. The van der Waals surface area contributed by atoms with E-state index in [1.165, 1.54) is 0 Å². The van der Waals surface area contributed by atoms with Crippen molar-refractivity contribution in [3.8, 4) is 11.3 Å². The smallest absolute Gasteiger partial charge is 0.251 e. The largest absolute Gasteiger partial charge is 0.381 e. The first-order chi connectivity index (χ1) is 16.9. The molecule has 2 heterocycles. The summed E-state index contributed by atoms with van der Waals surface area (Å²) in [5, 5.41) is 9.47. The number of anilines is 3. The summed E-state index contributed by atoms with van der Waals surface area (Å²) >= 11 is 6.11. The monoisotopic (exact) mass is 493 g/mol. The SMILES string of the molecule is CC(C)COCCCNC(=O)c1ccc(Nc2ncc3c(n2)-c2ccc(Cl)cc2NC(=O)C3)cc1. The number of nitrogens with one attached hydrogen (secondary N) is 3. The van der Waals surface area contributed by atoms with Crippen LogP contribution in [-0.2, 0) is 16.0 Å².